The highest BCUT2D eigenvalue weighted by molar-refractivity contribution is 5.69. The van der Waals surface area contributed by atoms with Crippen LogP contribution in [0.3, 0.4) is 0 Å². The van der Waals surface area contributed by atoms with Crippen LogP contribution in [-0.4, -0.2) is 12.8 Å². The largest absolute Gasteiger partial charge is 0.304 e. The lowest BCUT2D eigenvalue weighted by Crippen LogP contribution is -2.30. The first kappa shape index (κ1) is 12.1. The lowest BCUT2D eigenvalue weighted by atomic mass is 9.91. The number of carbonyl (C=O) groups is 1. The van der Waals surface area contributed by atoms with Gasteiger partial charge in [-0.05, 0) is 46.9 Å². The molecule has 96 valence electrons. The van der Waals surface area contributed by atoms with Crippen LogP contribution in [0.1, 0.15) is 17.2 Å². The number of halogens is 1. The van der Waals surface area contributed by atoms with E-state index in [0.29, 0.717) is 0 Å². The first-order chi connectivity index (χ1) is 9.28. The Balaban J connectivity index is 2.04. The zero-order valence-corrected chi connectivity index (χ0v) is 10.4. The molecule has 0 aliphatic carbocycles. The Labute approximate surface area is 111 Å². The van der Waals surface area contributed by atoms with Crippen molar-refractivity contribution in [1.82, 2.24) is 5.32 Å². The quantitative estimate of drug-likeness (QED) is 0.836. The molecule has 3 heteroatoms. The summed E-state index contributed by atoms with van der Waals surface area (Å²) in [5.41, 5.74) is 4.21. The molecule has 3 rings (SSSR count). The van der Waals surface area contributed by atoms with Crippen LogP contribution in [0.15, 0.2) is 42.5 Å². The van der Waals surface area contributed by atoms with E-state index in [1.807, 2.05) is 12.1 Å². The van der Waals surface area contributed by atoms with Crippen LogP contribution in [0.4, 0.5) is 4.39 Å². The van der Waals surface area contributed by atoms with E-state index in [9.17, 15) is 9.18 Å². The van der Waals surface area contributed by atoms with Gasteiger partial charge >= 0.3 is 0 Å². The summed E-state index contributed by atoms with van der Waals surface area (Å²) in [6.07, 6.45) is 1.87. The second-order valence-electron chi connectivity index (χ2n) is 4.74. The van der Waals surface area contributed by atoms with Gasteiger partial charge in [-0.15, -0.1) is 0 Å². The SMILES string of the molecule is O=CC1NCCc2ccc(-c3ccc(F)cc3)cc21. The molecule has 1 aliphatic heterocycles. The normalized spacial score (nSPS) is 17.8. The van der Waals surface area contributed by atoms with Crippen molar-refractivity contribution in [2.75, 3.05) is 6.54 Å². The zero-order valence-electron chi connectivity index (χ0n) is 10.4. The van der Waals surface area contributed by atoms with Crippen LogP contribution in [0.2, 0.25) is 0 Å². The van der Waals surface area contributed by atoms with Gasteiger partial charge in [-0.2, -0.15) is 0 Å². The number of hydrogen-bond acceptors (Lipinski definition) is 2. The molecule has 0 radical (unpaired) electrons. The number of nitrogens with one attached hydrogen (secondary N) is 1. The van der Waals surface area contributed by atoms with Crippen molar-refractivity contribution < 1.29 is 9.18 Å². The van der Waals surface area contributed by atoms with Gasteiger partial charge < -0.3 is 10.1 Å². The van der Waals surface area contributed by atoms with E-state index in [1.165, 1.54) is 17.7 Å². The van der Waals surface area contributed by atoms with Gasteiger partial charge in [-0.1, -0.05) is 24.3 Å². The minimum atomic E-state index is -0.242. The number of aldehydes is 1. The van der Waals surface area contributed by atoms with E-state index in [0.717, 1.165) is 35.9 Å². The number of hydrogen-bond donors (Lipinski definition) is 1. The Bertz CT molecular complexity index is 607. The Morgan fingerprint density at radius 2 is 1.84 bits per heavy atom. The maximum absolute atomic E-state index is 12.9. The topological polar surface area (TPSA) is 29.1 Å². The van der Waals surface area contributed by atoms with Crippen LogP contribution in [-0.2, 0) is 11.2 Å². The van der Waals surface area contributed by atoms with E-state index in [2.05, 4.69) is 11.4 Å². The molecule has 2 nitrogen and oxygen atoms in total. The molecule has 0 aromatic heterocycles. The van der Waals surface area contributed by atoms with Gasteiger partial charge in [0, 0.05) is 6.54 Å². The van der Waals surface area contributed by atoms with Gasteiger partial charge in [0.15, 0.2) is 0 Å². The molecule has 2 aromatic rings. The minimum Gasteiger partial charge on any atom is -0.304 e. The van der Waals surface area contributed by atoms with E-state index >= 15 is 0 Å². The summed E-state index contributed by atoms with van der Waals surface area (Å²) in [5, 5.41) is 3.18. The first-order valence-electron chi connectivity index (χ1n) is 6.35. The molecule has 0 amide bonds. The molecular weight excluding hydrogens is 241 g/mol. The van der Waals surface area contributed by atoms with Crippen LogP contribution < -0.4 is 5.32 Å². The van der Waals surface area contributed by atoms with Gasteiger partial charge in [0.1, 0.15) is 12.1 Å². The molecule has 1 N–H and O–H groups in total. The Hall–Kier alpha value is -2.00. The summed E-state index contributed by atoms with van der Waals surface area (Å²) >= 11 is 0. The minimum absolute atomic E-state index is 0.232. The predicted octanol–water partition coefficient (Wildman–Crippen LogP) is 2.88. The maximum Gasteiger partial charge on any atom is 0.141 e. The molecule has 0 saturated carbocycles. The van der Waals surface area contributed by atoms with Crippen LogP contribution in [0, 0.1) is 5.82 Å². The molecule has 0 saturated heterocycles. The van der Waals surface area contributed by atoms with Gasteiger partial charge in [0.25, 0.3) is 0 Å². The summed E-state index contributed by atoms with van der Waals surface area (Å²) in [6.45, 7) is 0.826. The van der Waals surface area contributed by atoms with E-state index in [1.54, 1.807) is 12.1 Å². The van der Waals surface area contributed by atoms with E-state index < -0.39 is 0 Å². The van der Waals surface area contributed by atoms with E-state index in [-0.39, 0.29) is 11.9 Å². The average Bonchev–Trinajstić information content (AvgIpc) is 2.47. The monoisotopic (exact) mass is 255 g/mol. The summed E-state index contributed by atoms with van der Waals surface area (Å²) in [4.78, 5) is 11.1. The van der Waals surface area contributed by atoms with Crippen LogP contribution in [0.5, 0.6) is 0 Å². The van der Waals surface area contributed by atoms with Crippen molar-refractivity contribution in [3.8, 4) is 11.1 Å². The molecule has 0 bridgehead atoms. The fraction of sp³-hybridized carbons (Fsp3) is 0.188. The number of benzene rings is 2. The van der Waals surface area contributed by atoms with Gasteiger partial charge in [-0.25, -0.2) is 4.39 Å². The van der Waals surface area contributed by atoms with Gasteiger partial charge in [0.05, 0.1) is 6.04 Å². The van der Waals surface area contributed by atoms with Crippen molar-refractivity contribution in [3.63, 3.8) is 0 Å². The fourth-order valence-corrected chi connectivity index (χ4v) is 2.53. The summed E-state index contributed by atoms with van der Waals surface area (Å²) in [7, 11) is 0. The smallest absolute Gasteiger partial charge is 0.141 e. The lowest BCUT2D eigenvalue weighted by molar-refractivity contribution is -0.109. The molecule has 2 aromatic carbocycles. The Kier molecular flexibility index (Phi) is 3.13. The van der Waals surface area contributed by atoms with Crippen molar-refractivity contribution in [2.24, 2.45) is 0 Å². The van der Waals surface area contributed by atoms with Crippen molar-refractivity contribution >= 4 is 6.29 Å². The highest BCUT2D eigenvalue weighted by Gasteiger charge is 2.19. The number of fused-ring (bicyclic) bond motifs is 1. The van der Waals surface area contributed by atoms with Crippen LogP contribution >= 0.6 is 0 Å². The summed E-state index contributed by atoms with van der Waals surface area (Å²) in [5.74, 6) is -0.242. The number of carbonyl (C=O) groups excluding carboxylic acids is 1. The Morgan fingerprint density at radius 3 is 2.58 bits per heavy atom. The molecule has 1 unspecified atom stereocenters. The second kappa shape index (κ2) is 4.94. The van der Waals surface area contributed by atoms with Crippen molar-refractivity contribution in [3.05, 3.63) is 59.4 Å². The highest BCUT2D eigenvalue weighted by atomic mass is 19.1. The molecular formula is C16H14FNO. The molecule has 19 heavy (non-hydrogen) atoms. The predicted molar refractivity (Wildman–Crippen MR) is 72.3 cm³/mol. The third-order valence-corrected chi connectivity index (χ3v) is 3.55. The van der Waals surface area contributed by atoms with Crippen LogP contribution in [0.25, 0.3) is 11.1 Å². The molecule has 0 fully saturated rings. The molecule has 1 atom stereocenters. The first-order valence-corrected chi connectivity index (χ1v) is 6.35. The standard InChI is InChI=1S/C16H14FNO/c17-14-5-3-11(4-6-14)13-2-1-12-7-8-18-16(10-19)15(12)9-13/h1-6,9-10,16,18H,7-8H2. The second-order valence-corrected chi connectivity index (χ2v) is 4.74. The lowest BCUT2D eigenvalue weighted by Gasteiger charge is -2.23. The Morgan fingerprint density at radius 1 is 1.11 bits per heavy atom. The summed E-state index contributed by atoms with van der Waals surface area (Å²) < 4.78 is 12.9. The van der Waals surface area contributed by atoms with Gasteiger partial charge in [-0.3, -0.25) is 0 Å². The maximum atomic E-state index is 12.9. The number of rotatable bonds is 2. The third-order valence-electron chi connectivity index (χ3n) is 3.55. The van der Waals surface area contributed by atoms with Crippen molar-refractivity contribution in [2.45, 2.75) is 12.5 Å². The third kappa shape index (κ3) is 2.29. The molecule has 0 spiro atoms. The molecule has 1 heterocycles. The van der Waals surface area contributed by atoms with E-state index in [4.69, 9.17) is 0 Å². The molecule has 1 aliphatic rings. The average molecular weight is 255 g/mol. The zero-order chi connectivity index (χ0) is 13.2. The van der Waals surface area contributed by atoms with Gasteiger partial charge in [0.2, 0.25) is 0 Å². The van der Waals surface area contributed by atoms with Crippen molar-refractivity contribution in [1.29, 1.82) is 0 Å². The summed E-state index contributed by atoms with van der Waals surface area (Å²) in [6, 6.07) is 12.3. The fourth-order valence-electron chi connectivity index (χ4n) is 2.53. The highest BCUT2D eigenvalue weighted by Crippen LogP contribution is 2.28.